The first-order chi connectivity index (χ1) is 15.3. The molecule has 0 aliphatic carbocycles. The van der Waals surface area contributed by atoms with Crippen molar-refractivity contribution in [3.63, 3.8) is 0 Å². The van der Waals surface area contributed by atoms with Crippen molar-refractivity contribution in [3.8, 4) is 0 Å². The fraction of sp³-hybridized carbons (Fsp3) is 0.400. The van der Waals surface area contributed by atoms with Crippen LogP contribution in [0.2, 0.25) is 10.0 Å². The molecular formula is C20H19Cl2F3N4O4. The van der Waals surface area contributed by atoms with Gasteiger partial charge in [-0.15, -0.1) is 0 Å². The number of halogens is 5. The molecule has 0 bridgehead atoms. The number of rotatable bonds is 4. The second-order valence-corrected chi connectivity index (χ2v) is 8.40. The third-order valence-corrected chi connectivity index (χ3v) is 6.34. The molecule has 0 unspecified atom stereocenters. The number of likely N-dealkylation sites (tertiary alicyclic amines) is 1. The van der Waals surface area contributed by atoms with E-state index >= 15 is 0 Å². The lowest BCUT2D eigenvalue weighted by atomic mass is 9.72. The number of hydrogen-bond acceptors (Lipinski definition) is 5. The van der Waals surface area contributed by atoms with Crippen LogP contribution in [0.5, 0.6) is 0 Å². The van der Waals surface area contributed by atoms with Gasteiger partial charge in [-0.1, -0.05) is 35.3 Å². The summed E-state index contributed by atoms with van der Waals surface area (Å²) in [5.41, 5.74) is 3.05. The zero-order valence-corrected chi connectivity index (χ0v) is 18.8. The van der Waals surface area contributed by atoms with E-state index in [0.29, 0.717) is 10.6 Å². The Morgan fingerprint density at radius 3 is 2.21 bits per heavy atom. The highest BCUT2D eigenvalue weighted by molar-refractivity contribution is 6.32. The number of hydrogen-bond donors (Lipinski definition) is 1. The first-order valence-electron chi connectivity index (χ1n) is 9.71. The maximum atomic E-state index is 13.0. The van der Waals surface area contributed by atoms with E-state index in [0.717, 1.165) is 4.68 Å². The summed E-state index contributed by atoms with van der Waals surface area (Å²) in [5.74, 6) is -1.35. The molecular weight excluding hydrogens is 488 g/mol. The van der Waals surface area contributed by atoms with Gasteiger partial charge >= 0.3 is 18.2 Å². The number of benzene rings is 1. The van der Waals surface area contributed by atoms with Gasteiger partial charge in [-0.2, -0.15) is 18.3 Å². The molecule has 1 fully saturated rings. The summed E-state index contributed by atoms with van der Waals surface area (Å²) in [6.45, 7) is 1.03. The van der Waals surface area contributed by atoms with Gasteiger partial charge in [-0.25, -0.2) is 4.79 Å². The number of aromatic nitrogens is 2. The van der Waals surface area contributed by atoms with Crippen molar-refractivity contribution in [1.29, 1.82) is 0 Å². The molecule has 13 heteroatoms. The second kappa shape index (κ2) is 9.22. The van der Waals surface area contributed by atoms with Gasteiger partial charge < -0.3 is 15.4 Å². The van der Waals surface area contributed by atoms with Crippen molar-refractivity contribution in [1.82, 2.24) is 14.7 Å². The zero-order chi connectivity index (χ0) is 24.6. The molecule has 0 radical (unpaired) electrons. The standard InChI is InChI=1S/C20H19Cl2F3N4O4/c1-11-15(22)16(20(23,24)25)27-29(11)10-14(30)28-8-6-19(7-9-28,17(31)33-18(26)32)12-2-4-13(21)5-3-12/h2-5H,6-10H2,1H3,(H2,26,32). The molecule has 2 N–H and O–H groups in total. The van der Waals surface area contributed by atoms with Crippen LogP contribution in [0.25, 0.3) is 0 Å². The van der Waals surface area contributed by atoms with Crippen LogP contribution in [0.1, 0.15) is 29.8 Å². The number of nitrogens with zero attached hydrogens (tertiary/aromatic N) is 3. The van der Waals surface area contributed by atoms with Crippen molar-refractivity contribution in [3.05, 3.63) is 51.3 Å². The molecule has 0 saturated carbocycles. The van der Waals surface area contributed by atoms with Crippen LogP contribution in [0.4, 0.5) is 18.0 Å². The highest BCUT2D eigenvalue weighted by Gasteiger charge is 2.46. The van der Waals surface area contributed by atoms with Gasteiger partial charge in [0.05, 0.1) is 16.1 Å². The van der Waals surface area contributed by atoms with Crippen LogP contribution >= 0.6 is 23.2 Å². The van der Waals surface area contributed by atoms with Crippen molar-refractivity contribution in [2.75, 3.05) is 13.1 Å². The Labute approximate surface area is 196 Å². The van der Waals surface area contributed by atoms with Crippen molar-refractivity contribution in [2.24, 2.45) is 5.73 Å². The Morgan fingerprint density at radius 1 is 1.15 bits per heavy atom. The lowest BCUT2D eigenvalue weighted by Crippen LogP contribution is -2.51. The first-order valence-corrected chi connectivity index (χ1v) is 10.5. The minimum absolute atomic E-state index is 0.00916. The van der Waals surface area contributed by atoms with Crippen molar-refractivity contribution < 1.29 is 32.3 Å². The van der Waals surface area contributed by atoms with E-state index in [9.17, 15) is 27.6 Å². The highest BCUT2D eigenvalue weighted by atomic mass is 35.5. The Balaban J connectivity index is 1.78. The predicted molar refractivity (Wildman–Crippen MR) is 112 cm³/mol. The minimum atomic E-state index is -4.75. The number of esters is 1. The summed E-state index contributed by atoms with van der Waals surface area (Å²) in [6.07, 6.45) is -5.81. The van der Waals surface area contributed by atoms with Crippen LogP contribution < -0.4 is 5.73 Å². The molecule has 1 saturated heterocycles. The minimum Gasteiger partial charge on any atom is -0.376 e. The lowest BCUT2D eigenvalue weighted by molar-refractivity contribution is -0.148. The van der Waals surface area contributed by atoms with Crippen LogP contribution in [0, 0.1) is 6.92 Å². The molecule has 0 atom stereocenters. The molecule has 2 aromatic rings. The summed E-state index contributed by atoms with van der Waals surface area (Å²) in [5, 5.41) is 3.31. The number of primary amides is 1. The molecule has 2 amide bonds. The third kappa shape index (κ3) is 5.09. The fourth-order valence-electron chi connectivity index (χ4n) is 3.79. The second-order valence-electron chi connectivity index (χ2n) is 7.58. The van der Waals surface area contributed by atoms with Gasteiger partial charge in [0.2, 0.25) is 5.91 Å². The monoisotopic (exact) mass is 506 g/mol. The fourth-order valence-corrected chi connectivity index (χ4v) is 4.16. The van der Waals surface area contributed by atoms with E-state index in [1.54, 1.807) is 24.3 Å². The highest BCUT2D eigenvalue weighted by Crippen LogP contribution is 2.38. The van der Waals surface area contributed by atoms with E-state index in [-0.39, 0.29) is 31.6 Å². The topological polar surface area (TPSA) is 108 Å². The summed E-state index contributed by atoms with van der Waals surface area (Å²) in [6, 6.07) is 6.40. The quantitative estimate of drug-likeness (QED) is 0.502. The van der Waals surface area contributed by atoms with Gasteiger partial charge in [0.1, 0.15) is 6.54 Å². The van der Waals surface area contributed by atoms with Crippen LogP contribution in [-0.2, 0) is 32.5 Å². The Hall–Kier alpha value is -2.79. The molecule has 1 aromatic carbocycles. The number of alkyl halides is 3. The molecule has 2 heterocycles. The largest absolute Gasteiger partial charge is 0.436 e. The van der Waals surface area contributed by atoms with Gasteiger partial charge in [0.15, 0.2) is 5.69 Å². The van der Waals surface area contributed by atoms with Crippen LogP contribution in [0.3, 0.4) is 0 Å². The van der Waals surface area contributed by atoms with Crippen molar-refractivity contribution >= 4 is 41.2 Å². The van der Waals surface area contributed by atoms with E-state index in [2.05, 4.69) is 9.84 Å². The van der Waals surface area contributed by atoms with Gasteiger partial charge in [0.25, 0.3) is 0 Å². The van der Waals surface area contributed by atoms with E-state index in [1.807, 2.05) is 0 Å². The molecule has 1 aliphatic rings. The Bertz CT molecular complexity index is 1080. The molecule has 1 aromatic heterocycles. The lowest BCUT2D eigenvalue weighted by Gasteiger charge is -2.40. The SMILES string of the molecule is Cc1c(Cl)c(C(F)(F)F)nn1CC(=O)N1CCC(C(=O)OC(N)=O)(c2ccc(Cl)cc2)CC1. The number of ether oxygens (including phenoxy) is 1. The van der Waals surface area contributed by atoms with Gasteiger partial charge in [0, 0.05) is 18.1 Å². The number of carbonyl (C=O) groups is 3. The summed E-state index contributed by atoms with van der Waals surface area (Å²) < 4.78 is 44.7. The van der Waals surface area contributed by atoms with E-state index < -0.39 is 46.8 Å². The van der Waals surface area contributed by atoms with E-state index in [1.165, 1.54) is 11.8 Å². The number of nitrogens with two attached hydrogens (primary N) is 1. The Morgan fingerprint density at radius 2 is 1.73 bits per heavy atom. The third-order valence-electron chi connectivity index (χ3n) is 5.64. The number of amides is 2. The zero-order valence-electron chi connectivity index (χ0n) is 17.3. The molecule has 1 aliphatic heterocycles. The molecule has 3 rings (SSSR count). The molecule has 178 valence electrons. The first kappa shape index (κ1) is 24.8. The van der Waals surface area contributed by atoms with E-state index in [4.69, 9.17) is 28.9 Å². The molecule has 33 heavy (non-hydrogen) atoms. The Kier molecular flexibility index (Phi) is 6.94. The van der Waals surface area contributed by atoms with Gasteiger partial charge in [-0.3, -0.25) is 14.3 Å². The predicted octanol–water partition coefficient (Wildman–Crippen LogP) is 3.70. The maximum absolute atomic E-state index is 13.0. The van der Waals surface area contributed by atoms with Crippen LogP contribution in [-0.4, -0.2) is 45.7 Å². The smallest absolute Gasteiger partial charge is 0.376 e. The molecule has 8 nitrogen and oxygen atoms in total. The average Bonchev–Trinajstić information content (AvgIpc) is 3.02. The van der Waals surface area contributed by atoms with Crippen LogP contribution in [0.15, 0.2) is 24.3 Å². The summed E-state index contributed by atoms with van der Waals surface area (Å²) in [7, 11) is 0. The number of carbonyl (C=O) groups excluding carboxylic acids is 3. The average molecular weight is 507 g/mol. The van der Waals surface area contributed by atoms with Crippen molar-refractivity contribution in [2.45, 2.75) is 37.9 Å². The summed E-state index contributed by atoms with van der Waals surface area (Å²) in [4.78, 5) is 38.1. The normalized spacial score (nSPS) is 15.9. The maximum Gasteiger partial charge on any atom is 0.436 e. The number of piperidine rings is 1. The van der Waals surface area contributed by atoms with Gasteiger partial charge in [-0.05, 0) is 37.5 Å². The summed E-state index contributed by atoms with van der Waals surface area (Å²) >= 11 is 11.7. The molecule has 0 spiro atoms.